The van der Waals surface area contributed by atoms with Crippen molar-refractivity contribution in [3.63, 3.8) is 0 Å². The summed E-state index contributed by atoms with van der Waals surface area (Å²) in [6.45, 7) is 6.65. The van der Waals surface area contributed by atoms with Crippen molar-refractivity contribution in [2.45, 2.75) is 91.1 Å². The average Bonchev–Trinajstić information content (AvgIpc) is 2.83. The van der Waals surface area contributed by atoms with E-state index in [1.54, 1.807) is 6.92 Å². The topological polar surface area (TPSA) is 26.3 Å². The number of hydrogen-bond donors (Lipinski definition) is 0. The molecule has 7 atom stereocenters. The number of fused-ring (bicyclic) bond motifs is 5. The molecule has 4 aliphatic rings. The second-order valence-corrected chi connectivity index (χ2v) is 9.62. The van der Waals surface area contributed by atoms with E-state index in [0.29, 0.717) is 5.41 Å². The Morgan fingerprint density at radius 1 is 0.870 bits per heavy atom. The lowest BCUT2D eigenvalue weighted by Gasteiger charge is -2.60. The Morgan fingerprint density at radius 2 is 1.65 bits per heavy atom. The molecule has 0 aromatic rings. The van der Waals surface area contributed by atoms with Crippen molar-refractivity contribution in [3.05, 3.63) is 0 Å². The van der Waals surface area contributed by atoms with Gasteiger partial charge in [0.1, 0.15) is 6.10 Å². The van der Waals surface area contributed by atoms with E-state index in [1.807, 2.05) is 0 Å². The van der Waals surface area contributed by atoms with E-state index in [4.69, 9.17) is 4.74 Å². The third-order valence-electron chi connectivity index (χ3n) is 8.80. The zero-order chi connectivity index (χ0) is 16.2. The molecule has 4 saturated carbocycles. The zero-order valence-corrected chi connectivity index (χ0v) is 15.3. The highest BCUT2D eigenvalue weighted by Gasteiger charge is 2.60. The smallest absolute Gasteiger partial charge is 0.302 e. The first-order chi connectivity index (χ1) is 10.9. The lowest BCUT2D eigenvalue weighted by Crippen LogP contribution is -2.53. The predicted octanol–water partition coefficient (Wildman–Crippen LogP) is 5.35. The van der Waals surface area contributed by atoms with Crippen LogP contribution in [0.1, 0.15) is 85.0 Å². The second kappa shape index (κ2) is 5.49. The highest BCUT2D eigenvalue weighted by Crippen LogP contribution is 2.66. The van der Waals surface area contributed by atoms with Crippen LogP contribution in [-0.4, -0.2) is 12.1 Å². The van der Waals surface area contributed by atoms with Crippen LogP contribution in [0.3, 0.4) is 0 Å². The Balaban J connectivity index is 1.59. The van der Waals surface area contributed by atoms with Crippen molar-refractivity contribution in [2.24, 2.45) is 34.5 Å². The first kappa shape index (κ1) is 16.0. The quantitative estimate of drug-likeness (QED) is 0.609. The lowest BCUT2D eigenvalue weighted by molar-refractivity contribution is -0.161. The molecule has 4 rings (SSSR count). The zero-order valence-electron chi connectivity index (χ0n) is 15.3. The van der Waals surface area contributed by atoms with E-state index >= 15 is 0 Å². The van der Waals surface area contributed by atoms with E-state index in [9.17, 15) is 4.79 Å². The lowest BCUT2D eigenvalue weighted by atomic mass is 9.45. The molecule has 0 aliphatic heterocycles. The average molecular weight is 319 g/mol. The summed E-state index contributed by atoms with van der Waals surface area (Å²) in [5.74, 6) is 3.55. The molecule has 2 nitrogen and oxygen atoms in total. The molecular weight excluding hydrogens is 284 g/mol. The van der Waals surface area contributed by atoms with E-state index in [-0.39, 0.29) is 17.5 Å². The van der Waals surface area contributed by atoms with Gasteiger partial charge in [0.15, 0.2) is 0 Å². The van der Waals surface area contributed by atoms with Crippen molar-refractivity contribution < 1.29 is 9.53 Å². The van der Waals surface area contributed by atoms with Crippen molar-refractivity contribution >= 4 is 5.97 Å². The number of rotatable bonds is 1. The van der Waals surface area contributed by atoms with Crippen LogP contribution in [0, 0.1) is 34.5 Å². The minimum Gasteiger partial charge on any atom is -0.462 e. The fourth-order valence-corrected chi connectivity index (χ4v) is 7.64. The number of carbonyl (C=O) groups excluding carboxylic acids is 1. The Bertz CT molecular complexity index is 486. The van der Waals surface area contributed by atoms with Crippen molar-refractivity contribution in [1.29, 1.82) is 0 Å². The summed E-state index contributed by atoms with van der Waals surface area (Å²) < 4.78 is 5.76. The fourth-order valence-electron chi connectivity index (χ4n) is 7.64. The van der Waals surface area contributed by atoms with Gasteiger partial charge in [-0.2, -0.15) is 0 Å². The molecule has 0 spiro atoms. The maximum absolute atomic E-state index is 11.5. The van der Waals surface area contributed by atoms with Crippen LogP contribution < -0.4 is 0 Å². The van der Waals surface area contributed by atoms with Crippen LogP contribution >= 0.6 is 0 Å². The van der Waals surface area contributed by atoms with Crippen molar-refractivity contribution in [2.75, 3.05) is 0 Å². The molecule has 0 saturated heterocycles. The largest absolute Gasteiger partial charge is 0.462 e. The van der Waals surface area contributed by atoms with Gasteiger partial charge in [0.25, 0.3) is 0 Å². The van der Waals surface area contributed by atoms with Crippen molar-refractivity contribution in [1.82, 2.24) is 0 Å². The highest BCUT2D eigenvalue weighted by molar-refractivity contribution is 5.66. The summed E-state index contributed by atoms with van der Waals surface area (Å²) >= 11 is 0. The fraction of sp³-hybridized carbons (Fsp3) is 0.952. The van der Waals surface area contributed by atoms with Gasteiger partial charge in [-0.05, 0) is 80.5 Å². The highest BCUT2D eigenvalue weighted by atomic mass is 16.5. The number of carbonyl (C=O) groups is 1. The molecule has 0 aromatic heterocycles. The van der Waals surface area contributed by atoms with Gasteiger partial charge < -0.3 is 4.74 Å². The summed E-state index contributed by atoms with van der Waals surface area (Å²) in [6.07, 6.45) is 14.0. The Hall–Kier alpha value is -0.530. The molecule has 0 radical (unpaired) electrons. The molecule has 4 fully saturated rings. The van der Waals surface area contributed by atoms with Crippen LogP contribution in [0.25, 0.3) is 0 Å². The molecule has 0 heterocycles. The van der Waals surface area contributed by atoms with E-state index in [1.165, 1.54) is 57.8 Å². The normalized spacial score (nSPS) is 52.2. The van der Waals surface area contributed by atoms with Crippen LogP contribution in [0.2, 0.25) is 0 Å². The van der Waals surface area contributed by atoms with Gasteiger partial charge in [-0.15, -0.1) is 0 Å². The molecule has 0 bridgehead atoms. The summed E-state index contributed by atoms with van der Waals surface area (Å²) in [6, 6.07) is 0. The molecule has 0 N–H and O–H groups in total. The molecule has 0 aromatic carbocycles. The molecule has 2 heteroatoms. The molecular formula is C21H34O2. The molecule has 130 valence electrons. The third kappa shape index (κ3) is 2.30. The van der Waals surface area contributed by atoms with Gasteiger partial charge in [0, 0.05) is 12.3 Å². The van der Waals surface area contributed by atoms with Gasteiger partial charge >= 0.3 is 5.97 Å². The first-order valence-corrected chi connectivity index (χ1v) is 10.1. The Morgan fingerprint density at radius 3 is 2.43 bits per heavy atom. The number of hydrogen-bond acceptors (Lipinski definition) is 2. The molecule has 23 heavy (non-hydrogen) atoms. The number of ether oxygens (including phenoxy) is 1. The van der Waals surface area contributed by atoms with Gasteiger partial charge in [0.2, 0.25) is 0 Å². The SMILES string of the molecule is CC(=O)O[C@H]1CC[C@H]2[C@@H]3CCC4CCCC[C@]4(C)[C@H]3CC[C@]12C. The summed E-state index contributed by atoms with van der Waals surface area (Å²) in [4.78, 5) is 11.5. The van der Waals surface area contributed by atoms with Crippen molar-refractivity contribution in [3.8, 4) is 0 Å². The standard InChI is InChI=1S/C21H34O2/c1-14(22)23-19-10-9-17-16-8-7-15-6-4-5-12-20(15,2)18(16)11-13-21(17,19)3/h15-19H,4-13H2,1-3H3/t15?,16-,17-,18-,19-,20-,21-/m0/s1. The van der Waals surface area contributed by atoms with Gasteiger partial charge in [-0.3, -0.25) is 4.79 Å². The van der Waals surface area contributed by atoms with Gasteiger partial charge in [-0.25, -0.2) is 0 Å². The second-order valence-electron chi connectivity index (χ2n) is 9.62. The maximum Gasteiger partial charge on any atom is 0.302 e. The van der Waals surface area contributed by atoms with Gasteiger partial charge in [0.05, 0.1) is 0 Å². The summed E-state index contributed by atoms with van der Waals surface area (Å²) in [7, 11) is 0. The predicted molar refractivity (Wildman–Crippen MR) is 91.9 cm³/mol. The Kier molecular flexibility index (Phi) is 3.81. The third-order valence-corrected chi connectivity index (χ3v) is 8.80. The summed E-state index contributed by atoms with van der Waals surface area (Å²) in [5, 5.41) is 0. The first-order valence-electron chi connectivity index (χ1n) is 10.1. The monoisotopic (exact) mass is 318 g/mol. The van der Waals surface area contributed by atoms with E-state index in [2.05, 4.69) is 13.8 Å². The minimum atomic E-state index is -0.0815. The molecule has 4 aliphatic carbocycles. The van der Waals surface area contributed by atoms with Crippen LogP contribution in [0.4, 0.5) is 0 Å². The summed E-state index contributed by atoms with van der Waals surface area (Å²) in [5.41, 5.74) is 0.868. The maximum atomic E-state index is 11.5. The Labute approximate surface area is 141 Å². The number of esters is 1. The van der Waals surface area contributed by atoms with E-state index in [0.717, 1.165) is 30.1 Å². The molecule has 0 amide bonds. The molecule has 1 unspecified atom stereocenters. The van der Waals surface area contributed by atoms with Crippen LogP contribution in [0.15, 0.2) is 0 Å². The van der Waals surface area contributed by atoms with E-state index < -0.39 is 0 Å². The van der Waals surface area contributed by atoms with Gasteiger partial charge in [-0.1, -0.05) is 26.7 Å². The minimum absolute atomic E-state index is 0.0815. The van der Waals surface area contributed by atoms with Crippen LogP contribution in [-0.2, 0) is 9.53 Å². The van der Waals surface area contributed by atoms with Crippen LogP contribution in [0.5, 0.6) is 0 Å².